The molecule has 0 spiro atoms. The number of benzene rings is 1. The van der Waals surface area contributed by atoms with Crippen molar-refractivity contribution in [3.63, 3.8) is 0 Å². The molecule has 8 nitrogen and oxygen atoms in total. The minimum Gasteiger partial charge on any atom is -0.454 e. The zero-order chi connectivity index (χ0) is 15.8. The first-order valence-corrected chi connectivity index (χ1v) is 7.47. The van der Waals surface area contributed by atoms with Crippen LogP contribution in [0.4, 0.5) is 5.69 Å². The molecule has 2 aromatic rings. The molecule has 1 aliphatic heterocycles. The molecule has 1 fully saturated rings. The van der Waals surface area contributed by atoms with Gasteiger partial charge in [0.1, 0.15) is 12.2 Å². The summed E-state index contributed by atoms with van der Waals surface area (Å²) in [6.07, 6.45) is 2.09. The quantitative estimate of drug-likeness (QED) is 0.854. The normalized spacial score (nSPS) is 15.7. The maximum atomic E-state index is 12.2. The fourth-order valence-corrected chi connectivity index (χ4v) is 2.70. The van der Waals surface area contributed by atoms with E-state index in [9.17, 15) is 9.90 Å². The first-order chi connectivity index (χ1) is 11.2. The maximum Gasteiger partial charge on any atom is 0.246 e. The molecule has 1 amide bonds. The van der Waals surface area contributed by atoms with Crippen molar-refractivity contribution in [3.05, 3.63) is 29.6 Å². The van der Waals surface area contributed by atoms with Crippen molar-refractivity contribution in [1.82, 2.24) is 15.0 Å². The molecular formula is C15H16N4O4. The van der Waals surface area contributed by atoms with Crippen LogP contribution in [0.2, 0.25) is 0 Å². The van der Waals surface area contributed by atoms with Crippen LogP contribution in [0.25, 0.3) is 0 Å². The Labute approximate surface area is 132 Å². The number of anilines is 1. The monoisotopic (exact) mass is 316 g/mol. The fraction of sp³-hybridized carbons (Fsp3) is 0.400. The van der Waals surface area contributed by atoms with E-state index in [-0.39, 0.29) is 25.9 Å². The second kappa shape index (κ2) is 5.54. The number of ether oxygens (including phenoxy) is 2. The van der Waals surface area contributed by atoms with Crippen LogP contribution in [-0.4, -0.2) is 32.8 Å². The van der Waals surface area contributed by atoms with E-state index in [1.54, 1.807) is 22.9 Å². The third-order valence-electron chi connectivity index (χ3n) is 3.91. The lowest BCUT2D eigenvalue weighted by molar-refractivity contribution is -0.117. The van der Waals surface area contributed by atoms with Crippen molar-refractivity contribution in [2.24, 2.45) is 0 Å². The van der Waals surface area contributed by atoms with Gasteiger partial charge >= 0.3 is 0 Å². The maximum absolute atomic E-state index is 12.2. The number of carbonyl (C=O) groups is 1. The van der Waals surface area contributed by atoms with Crippen molar-refractivity contribution in [2.45, 2.75) is 31.9 Å². The van der Waals surface area contributed by atoms with Gasteiger partial charge < -0.3 is 19.9 Å². The number of amides is 1. The van der Waals surface area contributed by atoms with Gasteiger partial charge in [-0.15, -0.1) is 5.10 Å². The average molecular weight is 316 g/mol. The number of hydrogen-bond acceptors (Lipinski definition) is 6. The third kappa shape index (κ3) is 2.72. The van der Waals surface area contributed by atoms with Gasteiger partial charge in [0, 0.05) is 17.7 Å². The molecule has 8 heteroatoms. The van der Waals surface area contributed by atoms with E-state index in [0.29, 0.717) is 28.8 Å². The Bertz CT molecular complexity index is 754. The third-order valence-corrected chi connectivity index (χ3v) is 3.91. The molecule has 0 bridgehead atoms. The lowest BCUT2D eigenvalue weighted by atomic mass is 10.2. The summed E-state index contributed by atoms with van der Waals surface area (Å²) in [5, 5.41) is 20.1. The fourth-order valence-electron chi connectivity index (χ4n) is 2.70. The molecular weight excluding hydrogens is 300 g/mol. The van der Waals surface area contributed by atoms with Gasteiger partial charge in [0.2, 0.25) is 12.7 Å². The highest BCUT2D eigenvalue weighted by atomic mass is 16.7. The summed E-state index contributed by atoms with van der Waals surface area (Å²) in [5.41, 5.74) is 2.06. The van der Waals surface area contributed by atoms with Gasteiger partial charge in [-0.05, 0) is 25.0 Å². The Hall–Kier alpha value is -2.61. The number of fused-ring (bicyclic) bond motifs is 1. The minimum atomic E-state index is -0.208. The Balaban J connectivity index is 1.47. The Morgan fingerprint density at radius 3 is 2.96 bits per heavy atom. The van der Waals surface area contributed by atoms with Crippen molar-refractivity contribution in [1.29, 1.82) is 0 Å². The van der Waals surface area contributed by atoms with Crippen LogP contribution in [0, 0.1) is 0 Å². The second-order valence-electron chi connectivity index (χ2n) is 5.63. The van der Waals surface area contributed by atoms with E-state index in [2.05, 4.69) is 15.6 Å². The van der Waals surface area contributed by atoms with Crippen LogP contribution >= 0.6 is 0 Å². The first kappa shape index (κ1) is 14.0. The molecule has 0 unspecified atom stereocenters. The van der Waals surface area contributed by atoms with E-state index in [0.717, 1.165) is 18.5 Å². The molecule has 2 heterocycles. The number of carbonyl (C=O) groups excluding carboxylic acids is 1. The molecule has 2 N–H and O–H groups in total. The van der Waals surface area contributed by atoms with Gasteiger partial charge in [0.05, 0.1) is 12.3 Å². The van der Waals surface area contributed by atoms with Crippen LogP contribution in [0.15, 0.2) is 18.2 Å². The minimum absolute atomic E-state index is 0.0628. The van der Waals surface area contributed by atoms with Crippen molar-refractivity contribution < 1.29 is 19.4 Å². The summed E-state index contributed by atoms with van der Waals surface area (Å²) < 4.78 is 12.1. The van der Waals surface area contributed by atoms with Gasteiger partial charge in [0.15, 0.2) is 11.5 Å². The van der Waals surface area contributed by atoms with Crippen molar-refractivity contribution >= 4 is 11.6 Å². The zero-order valence-corrected chi connectivity index (χ0v) is 12.4. The number of aliphatic hydroxyl groups excluding tert-OH is 1. The Morgan fingerprint density at radius 2 is 2.17 bits per heavy atom. The lowest BCUT2D eigenvalue weighted by Crippen LogP contribution is -2.21. The number of hydrogen-bond donors (Lipinski definition) is 2. The predicted octanol–water partition coefficient (Wildman–Crippen LogP) is 1.02. The average Bonchev–Trinajstić information content (AvgIpc) is 3.13. The summed E-state index contributed by atoms with van der Waals surface area (Å²) in [7, 11) is 0. The zero-order valence-electron chi connectivity index (χ0n) is 12.4. The molecule has 1 aromatic heterocycles. The van der Waals surface area contributed by atoms with Gasteiger partial charge in [-0.2, -0.15) is 0 Å². The molecule has 0 radical (unpaired) electrons. The molecule has 1 aliphatic carbocycles. The second-order valence-corrected chi connectivity index (χ2v) is 5.63. The van der Waals surface area contributed by atoms with E-state index >= 15 is 0 Å². The van der Waals surface area contributed by atoms with Crippen LogP contribution in [0.1, 0.15) is 30.1 Å². The number of nitrogens with one attached hydrogen (secondary N) is 1. The summed E-state index contributed by atoms with van der Waals surface area (Å²) in [4.78, 5) is 12.2. The van der Waals surface area contributed by atoms with Gasteiger partial charge in [0.25, 0.3) is 0 Å². The van der Waals surface area contributed by atoms with Crippen molar-refractivity contribution in [3.8, 4) is 11.5 Å². The van der Waals surface area contributed by atoms with Gasteiger partial charge in [-0.1, -0.05) is 5.21 Å². The highest BCUT2D eigenvalue weighted by Crippen LogP contribution is 2.41. The molecule has 23 heavy (non-hydrogen) atoms. The van der Waals surface area contributed by atoms with E-state index in [1.165, 1.54) is 0 Å². The van der Waals surface area contributed by atoms with Crippen LogP contribution in [-0.2, 0) is 17.9 Å². The van der Waals surface area contributed by atoms with Crippen LogP contribution in [0.5, 0.6) is 11.5 Å². The molecule has 1 saturated carbocycles. The standard InChI is InChI=1S/C15H16N4O4/c20-7-11-15(9-1-2-9)19(18-17-11)6-14(21)16-10-3-4-12-13(5-10)23-8-22-12/h3-5,9,20H,1-2,6-8H2,(H,16,21). The molecule has 2 aliphatic rings. The summed E-state index contributed by atoms with van der Waals surface area (Å²) in [6, 6.07) is 5.24. The Morgan fingerprint density at radius 1 is 1.35 bits per heavy atom. The number of rotatable bonds is 5. The summed E-state index contributed by atoms with van der Waals surface area (Å²) in [6.45, 7) is 0.100. The molecule has 1 aromatic carbocycles. The van der Waals surface area contributed by atoms with Crippen LogP contribution in [0.3, 0.4) is 0 Å². The first-order valence-electron chi connectivity index (χ1n) is 7.47. The highest BCUT2D eigenvalue weighted by molar-refractivity contribution is 5.91. The van der Waals surface area contributed by atoms with Crippen LogP contribution < -0.4 is 14.8 Å². The van der Waals surface area contributed by atoms with E-state index < -0.39 is 0 Å². The molecule has 0 atom stereocenters. The van der Waals surface area contributed by atoms with Gasteiger partial charge in [-0.3, -0.25) is 4.79 Å². The molecule has 4 rings (SSSR count). The summed E-state index contributed by atoms with van der Waals surface area (Å²) in [5.74, 6) is 1.43. The highest BCUT2D eigenvalue weighted by Gasteiger charge is 2.31. The van der Waals surface area contributed by atoms with E-state index in [1.807, 2.05) is 0 Å². The number of aromatic nitrogens is 3. The van der Waals surface area contributed by atoms with Crippen molar-refractivity contribution in [2.75, 3.05) is 12.1 Å². The number of nitrogens with zero attached hydrogens (tertiary/aromatic N) is 3. The topological polar surface area (TPSA) is 98.5 Å². The largest absolute Gasteiger partial charge is 0.454 e. The smallest absolute Gasteiger partial charge is 0.246 e. The number of aliphatic hydroxyl groups is 1. The summed E-state index contributed by atoms with van der Waals surface area (Å²) >= 11 is 0. The molecule has 120 valence electrons. The molecule has 0 saturated heterocycles. The SMILES string of the molecule is O=C(Cn1nnc(CO)c1C1CC1)Nc1ccc2c(c1)OCO2. The Kier molecular flexibility index (Phi) is 3.38. The van der Waals surface area contributed by atoms with Gasteiger partial charge in [-0.25, -0.2) is 4.68 Å². The van der Waals surface area contributed by atoms with E-state index in [4.69, 9.17) is 9.47 Å². The lowest BCUT2D eigenvalue weighted by Gasteiger charge is -2.08. The predicted molar refractivity (Wildman–Crippen MR) is 79.1 cm³/mol.